The second-order valence-corrected chi connectivity index (χ2v) is 6.38. The maximum atomic E-state index is 14.0. The summed E-state index contributed by atoms with van der Waals surface area (Å²) >= 11 is 0. The van der Waals surface area contributed by atoms with Gasteiger partial charge in [0, 0.05) is 25.4 Å². The van der Waals surface area contributed by atoms with Crippen LogP contribution in [0, 0.1) is 12.7 Å². The maximum Gasteiger partial charge on any atom is 0.313 e. The van der Waals surface area contributed by atoms with E-state index in [4.69, 9.17) is 0 Å². The Bertz CT molecular complexity index is 830. The van der Waals surface area contributed by atoms with E-state index in [9.17, 15) is 14.0 Å². The molecule has 2 amide bonds. The predicted octanol–water partition coefficient (Wildman–Crippen LogP) is 2.34. The Hall–Kier alpha value is -2.70. The van der Waals surface area contributed by atoms with E-state index in [-0.39, 0.29) is 11.7 Å². The highest BCUT2D eigenvalue weighted by Gasteiger charge is 2.32. The number of likely N-dealkylation sites (N-methyl/N-ethyl adjacent to an activating group) is 1. The number of halogens is 1. The minimum Gasteiger partial charge on any atom is -0.330 e. The summed E-state index contributed by atoms with van der Waals surface area (Å²) in [6, 6.07) is 4.47. The number of nitrogens with one attached hydrogen (secondary N) is 1. The van der Waals surface area contributed by atoms with Crippen LogP contribution < -0.4 is 5.32 Å². The first kappa shape index (κ1) is 17.1. The number of aromatic nitrogens is 2. The van der Waals surface area contributed by atoms with E-state index in [1.165, 1.54) is 11.0 Å². The molecule has 6 nitrogen and oxygen atoms in total. The second kappa shape index (κ2) is 6.66. The second-order valence-electron chi connectivity index (χ2n) is 6.38. The molecular weight excluding hydrogens is 323 g/mol. The maximum absolute atomic E-state index is 14.0. The number of carbonyl (C=O) groups is 2. The molecule has 1 aromatic heterocycles. The van der Waals surface area contributed by atoms with Crippen molar-refractivity contribution in [1.82, 2.24) is 14.7 Å². The Morgan fingerprint density at radius 1 is 1.40 bits per heavy atom. The Morgan fingerprint density at radius 3 is 2.92 bits per heavy atom. The average Bonchev–Trinajstić information content (AvgIpc) is 2.99. The summed E-state index contributed by atoms with van der Waals surface area (Å²) in [5.41, 5.74) is 2.48. The van der Waals surface area contributed by atoms with E-state index in [1.807, 2.05) is 11.7 Å². The SMILES string of the molecule is Cc1cccc(NC(=O)C(=O)N(C)[C@@H]2CCCc3c2cnn3C)c1F. The van der Waals surface area contributed by atoms with Crippen molar-refractivity contribution in [1.29, 1.82) is 0 Å². The summed E-state index contributed by atoms with van der Waals surface area (Å²) in [5.74, 6) is -2.07. The van der Waals surface area contributed by atoms with Gasteiger partial charge in [-0.05, 0) is 37.8 Å². The summed E-state index contributed by atoms with van der Waals surface area (Å²) in [5, 5.41) is 6.63. The molecule has 1 heterocycles. The normalized spacial score (nSPS) is 16.2. The third kappa shape index (κ3) is 3.14. The molecule has 7 heteroatoms. The third-order valence-electron chi connectivity index (χ3n) is 4.77. The van der Waals surface area contributed by atoms with Crippen molar-refractivity contribution in [2.24, 2.45) is 7.05 Å². The first-order valence-electron chi connectivity index (χ1n) is 8.24. The van der Waals surface area contributed by atoms with Crippen LogP contribution in [0.25, 0.3) is 0 Å². The Labute approximate surface area is 145 Å². The van der Waals surface area contributed by atoms with Gasteiger partial charge in [-0.25, -0.2) is 4.39 Å². The van der Waals surface area contributed by atoms with Gasteiger partial charge in [0.2, 0.25) is 0 Å². The van der Waals surface area contributed by atoms with Crippen LogP contribution in [0.3, 0.4) is 0 Å². The zero-order chi connectivity index (χ0) is 18.1. The molecule has 3 rings (SSSR count). The molecule has 0 radical (unpaired) electrons. The van der Waals surface area contributed by atoms with Crippen molar-refractivity contribution in [3.63, 3.8) is 0 Å². The molecule has 0 bridgehead atoms. The lowest BCUT2D eigenvalue weighted by molar-refractivity contribution is -0.144. The quantitative estimate of drug-likeness (QED) is 0.851. The summed E-state index contributed by atoms with van der Waals surface area (Å²) in [6.45, 7) is 1.60. The highest BCUT2D eigenvalue weighted by atomic mass is 19.1. The van der Waals surface area contributed by atoms with Crippen LogP contribution in [0.2, 0.25) is 0 Å². The smallest absolute Gasteiger partial charge is 0.313 e. The van der Waals surface area contributed by atoms with Crippen LogP contribution in [0.5, 0.6) is 0 Å². The molecule has 1 aliphatic rings. The van der Waals surface area contributed by atoms with Crippen molar-refractivity contribution in [3.8, 4) is 0 Å². The van der Waals surface area contributed by atoms with Crippen LogP contribution in [-0.2, 0) is 23.1 Å². The van der Waals surface area contributed by atoms with Crippen LogP contribution in [-0.4, -0.2) is 33.5 Å². The van der Waals surface area contributed by atoms with Gasteiger partial charge in [0.1, 0.15) is 5.82 Å². The molecule has 0 saturated carbocycles. The van der Waals surface area contributed by atoms with Gasteiger partial charge in [-0.15, -0.1) is 0 Å². The Balaban J connectivity index is 1.76. The van der Waals surface area contributed by atoms with Crippen LogP contribution >= 0.6 is 0 Å². The number of carbonyl (C=O) groups excluding carboxylic acids is 2. The number of hydrogen-bond donors (Lipinski definition) is 1. The minimum atomic E-state index is -0.844. The lowest BCUT2D eigenvalue weighted by atomic mass is 9.92. The van der Waals surface area contributed by atoms with Gasteiger partial charge in [0.05, 0.1) is 17.9 Å². The molecule has 1 N–H and O–H groups in total. The zero-order valence-corrected chi connectivity index (χ0v) is 14.5. The van der Waals surface area contributed by atoms with Gasteiger partial charge < -0.3 is 10.2 Å². The van der Waals surface area contributed by atoms with Crippen molar-refractivity contribution < 1.29 is 14.0 Å². The van der Waals surface area contributed by atoms with E-state index >= 15 is 0 Å². The highest BCUT2D eigenvalue weighted by Crippen LogP contribution is 2.33. The standard InChI is InChI=1S/C18H21FN4O2/c1-11-6-4-7-13(16(11)19)21-17(24)18(25)22(2)14-8-5-9-15-12(14)10-20-23(15)3/h4,6-7,10,14H,5,8-9H2,1-3H3,(H,21,24)/t14-/m1/s1. The van der Waals surface area contributed by atoms with Gasteiger partial charge in [0.25, 0.3) is 0 Å². The molecule has 0 spiro atoms. The van der Waals surface area contributed by atoms with E-state index in [0.29, 0.717) is 5.56 Å². The molecular formula is C18H21FN4O2. The molecule has 0 saturated heterocycles. The van der Waals surface area contributed by atoms with Gasteiger partial charge in [-0.3, -0.25) is 14.3 Å². The van der Waals surface area contributed by atoms with Gasteiger partial charge in [-0.1, -0.05) is 12.1 Å². The number of fused-ring (bicyclic) bond motifs is 1. The summed E-state index contributed by atoms with van der Waals surface area (Å²) < 4.78 is 15.8. The summed E-state index contributed by atoms with van der Waals surface area (Å²) in [7, 11) is 3.47. The molecule has 0 fully saturated rings. The number of anilines is 1. The number of amides is 2. The van der Waals surface area contributed by atoms with E-state index in [0.717, 1.165) is 30.5 Å². The van der Waals surface area contributed by atoms with Crippen molar-refractivity contribution in [3.05, 3.63) is 47.0 Å². The summed E-state index contributed by atoms with van der Waals surface area (Å²) in [6.07, 6.45) is 4.35. The molecule has 132 valence electrons. The molecule has 25 heavy (non-hydrogen) atoms. The predicted molar refractivity (Wildman–Crippen MR) is 91.4 cm³/mol. The van der Waals surface area contributed by atoms with Crippen LogP contribution in [0.15, 0.2) is 24.4 Å². The first-order valence-corrected chi connectivity index (χ1v) is 8.24. The fourth-order valence-corrected chi connectivity index (χ4v) is 3.31. The van der Waals surface area contributed by atoms with E-state index in [1.54, 1.807) is 32.3 Å². The van der Waals surface area contributed by atoms with E-state index in [2.05, 4.69) is 10.4 Å². The monoisotopic (exact) mass is 344 g/mol. The number of nitrogens with zero attached hydrogens (tertiary/aromatic N) is 3. The molecule has 0 unspecified atom stereocenters. The third-order valence-corrected chi connectivity index (χ3v) is 4.77. The largest absolute Gasteiger partial charge is 0.330 e. The summed E-state index contributed by atoms with van der Waals surface area (Å²) in [4.78, 5) is 26.2. The van der Waals surface area contributed by atoms with Gasteiger partial charge in [-0.2, -0.15) is 5.10 Å². The molecule has 2 aromatic rings. The average molecular weight is 344 g/mol. The Morgan fingerprint density at radius 2 is 2.16 bits per heavy atom. The number of benzene rings is 1. The number of rotatable bonds is 2. The molecule has 1 atom stereocenters. The van der Waals surface area contributed by atoms with Crippen LogP contribution in [0.1, 0.15) is 35.7 Å². The topological polar surface area (TPSA) is 67.2 Å². The lowest BCUT2D eigenvalue weighted by Gasteiger charge is -2.31. The first-order chi connectivity index (χ1) is 11.9. The minimum absolute atomic E-state index is 0.0115. The number of hydrogen-bond acceptors (Lipinski definition) is 3. The van der Waals surface area contributed by atoms with Crippen molar-refractivity contribution in [2.75, 3.05) is 12.4 Å². The lowest BCUT2D eigenvalue weighted by Crippen LogP contribution is -2.40. The van der Waals surface area contributed by atoms with Crippen molar-refractivity contribution >= 4 is 17.5 Å². The fraction of sp³-hybridized carbons (Fsp3) is 0.389. The fourth-order valence-electron chi connectivity index (χ4n) is 3.31. The molecule has 1 aliphatic carbocycles. The van der Waals surface area contributed by atoms with Gasteiger partial charge in [0.15, 0.2) is 0 Å². The molecule has 1 aromatic carbocycles. The number of aryl methyl sites for hydroxylation is 2. The molecule has 0 aliphatic heterocycles. The Kier molecular flexibility index (Phi) is 4.57. The highest BCUT2D eigenvalue weighted by molar-refractivity contribution is 6.39. The van der Waals surface area contributed by atoms with E-state index < -0.39 is 17.6 Å². The van der Waals surface area contributed by atoms with Crippen molar-refractivity contribution in [2.45, 2.75) is 32.2 Å². The van der Waals surface area contributed by atoms with Crippen LogP contribution in [0.4, 0.5) is 10.1 Å². The zero-order valence-electron chi connectivity index (χ0n) is 14.5. The van der Waals surface area contributed by atoms with Gasteiger partial charge >= 0.3 is 11.8 Å².